The smallest absolute Gasteiger partial charge is 0.290 e. The topological polar surface area (TPSA) is 77.8 Å². The lowest BCUT2D eigenvalue weighted by atomic mass is 9.93. The standard InChI is InChI=1S/C26H21ClFNO4/c27-20-14-18(9-13-21(20)30)24-23(22(31)12-8-16-4-2-1-3-5-16)25(32)26(33)29(24)15-17-6-10-19(28)11-7-17/h1-7,9-11,13-14,24,30,32H,8,12,15H2. The Morgan fingerprint density at radius 2 is 1.67 bits per heavy atom. The minimum Gasteiger partial charge on any atom is -0.506 e. The minimum absolute atomic E-state index is 0.0141. The van der Waals surface area contributed by atoms with Gasteiger partial charge in [0.25, 0.3) is 5.91 Å². The molecule has 7 heteroatoms. The predicted octanol–water partition coefficient (Wildman–Crippen LogP) is 5.28. The molecule has 0 saturated carbocycles. The summed E-state index contributed by atoms with van der Waals surface area (Å²) in [5, 5.41) is 20.6. The van der Waals surface area contributed by atoms with Gasteiger partial charge >= 0.3 is 0 Å². The molecule has 1 aliphatic rings. The van der Waals surface area contributed by atoms with Crippen LogP contribution in [-0.2, 0) is 22.6 Å². The summed E-state index contributed by atoms with van der Waals surface area (Å²) in [5.41, 5.74) is 2.05. The van der Waals surface area contributed by atoms with Crippen LogP contribution in [0.25, 0.3) is 0 Å². The second-order valence-corrected chi connectivity index (χ2v) is 8.25. The van der Waals surface area contributed by atoms with Gasteiger partial charge in [0.15, 0.2) is 11.5 Å². The van der Waals surface area contributed by atoms with Gasteiger partial charge < -0.3 is 15.1 Å². The average molecular weight is 466 g/mol. The molecule has 0 bridgehead atoms. The van der Waals surface area contributed by atoms with Gasteiger partial charge in [-0.25, -0.2) is 4.39 Å². The van der Waals surface area contributed by atoms with Gasteiger partial charge in [-0.1, -0.05) is 60.1 Å². The van der Waals surface area contributed by atoms with E-state index in [0.29, 0.717) is 17.5 Å². The summed E-state index contributed by atoms with van der Waals surface area (Å²) in [6.45, 7) is 0.0435. The fraction of sp³-hybridized carbons (Fsp3) is 0.154. The number of benzene rings is 3. The van der Waals surface area contributed by atoms with Crippen LogP contribution in [0.4, 0.5) is 4.39 Å². The molecule has 3 aromatic carbocycles. The van der Waals surface area contributed by atoms with Gasteiger partial charge in [-0.3, -0.25) is 9.59 Å². The molecular formula is C26H21ClFNO4. The molecule has 5 nitrogen and oxygen atoms in total. The molecule has 0 aliphatic carbocycles. The molecular weight excluding hydrogens is 445 g/mol. The molecule has 4 rings (SSSR count). The number of phenols is 1. The summed E-state index contributed by atoms with van der Waals surface area (Å²) in [6.07, 6.45) is 0.551. The first-order chi connectivity index (χ1) is 15.8. The predicted molar refractivity (Wildman–Crippen MR) is 122 cm³/mol. The van der Waals surface area contributed by atoms with E-state index in [4.69, 9.17) is 11.6 Å². The van der Waals surface area contributed by atoms with E-state index in [2.05, 4.69) is 0 Å². The van der Waals surface area contributed by atoms with Crippen LogP contribution in [0, 0.1) is 5.82 Å². The number of carbonyl (C=O) groups is 2. The number of aromatic hydroxyl groups is 1. The zero-order valence-electron chi connectivity index (χ0n) is 17.5. The van der Waals surface area contributed by atoms with Crippen molar-refractivity contribution in [1.82, 2.24) is 4.90 Å². The number of hydrogen-bond acceptors (Lipinski definition) is 4. The third-order valence-electron chi connectivity index (χ3n) is 5.64. The van der Waals surface area contributed by atoms with Gasteiger partial charge in [-0.15, -0.1) is 0 Å². The number of Topliss-reactive ketones (excluding diaryl/α,β-unsaturated/α-hetero) is 1. The first-order valence-corrected chi connectivity index (χ1v) is 10.8. The van der Waals surface area contributed by atoms with E-state index in [0.717, 1.165) is 5.56 Å². The van der Waals surface area contributed by atoms with E-state index >= 15 is 0 Å². The third kappa shape index (κ3) is 4.76. The van der Waals surface area contributed by atoms with Crippen LogP contribution >= 0.6 is 11.6 Å². The van der Waals surface area contributed by atoms with E-state index in [1.165, 1.54) is 41.3 Å². The van der Waals surface area contributed by atoms with Crippen LogP contribution in [0.15, 0.2) is 84.1 Å². The maximum atomic E-state index is 13.3. The van der Waals surface area contributed by atoms with Crippen molar-refractivity contribution in [2.75, 3.05) is 0 Å². The summed E-state index contributed by atoms with van der Waals surface area (Å²) in [7, 11) is 0. The number of ketones is 1. The minimum atomic E-state index is -0.899. The van der Waals surface area contributed by atoms with Crippen molar-refractivity contribution in [2.45, 2.75) is 25.4 Å². The van der Waals surface area contributed by atoms with Crippen molar-refractivity contribution >= 4 is 23.3 Å². The highest BCUT2D eigenvalue weighted by atomic mass is 35.5. The Labute approximate surface area is 195 Å². The van der Waals surface area contributed by atoms with Crippen molar-refractivity contribution < 1.29 is 24.2 Å². The normalized spacial score (nSPS) is 15.9. The summed E-state index contributed by atoms with van der Waals surface area (Å²) < 4.78 is 13.3. The van der Waals surface area contributed by atoms with Crippen LogP contribution in [0.5, 0.6) is 5.75 Å². The van der Waals surface area contributed by atoms with Gasteiger partial charge in [0, 0.05) is 13.0 Å². The number of carbonyl (C=O) groups excluding carboxylic acids is 2. The van der Waals surface area contributed by atoms with E-state index < -0.39 is 23.5 Å². The Balaban J connectivity index is 1.69. The van der Waals surface area contributed by atoms with Crippen molar-refractivity contribution in [2.24, 2.45) is 0 Å². The maximum Gasteiger partial charge on any atom is 0.290 e. The highest BCUT2D eigenvalue weighted by Crippen LogP contribution is 2.41. The molecule has 1 unspecified atom stereocenters. The lowest BCUT2D eigenvalue weighted by Crippen LogP contribution is -2.30. The largest absolute Gasteiger partial charge is 0.506 e. The monoisotopic (exact) mass is 465 g/mol. The Bertz CT molecular complexity index is 1220. The number of aryl methyl sites for hydroxylation is 1. The number of hydrogen-bond donors (Lipinski definition) is 2. The van der Waals surface area contributed by atoms with Gasteiger partial charge in [-0.05, 0) is 47.4 Å². The van der Waals surface area contributed by atoms with Crippen LogP contribution < -0.4 is 0 Å². The summed E-state index contributed by atoms with van der Waals surface area (Å²) in [4.78, 5) is 27.6. The maximum absolute atomic E-state index is 13.3. The van der Waals surface area contributed by atoms with Crippen LogP contribution in [0.2, 0.25) is 5.02 Å². The second kappa shape index (κ2) is 9.46. The number of aliphatic hydroxyl groups excluding tert-OH is 1. The fourth-order valence-corrected chi connectivity index (χ4v) is 4.15. The third-order valence-corrected chi connectivity index (χ3v) is 5.94. The van der Waals surface area contributed by atoms with Crippen molar-refractivity contribution in [3.05, 3.63) is 112 Å². The Morgan fingerprint density at radius 3 is 2.33 bits per heavy atom. The first-order valence-electron chi connectivity index (χ1n) is 10.4. The number of amides is 1. The highest BCUT2D eigenvalue weighted by Gasteiger charge is 2.43. The second-order valence-electron chi connectivity index (χ2n) is 7.84. The van der Waals surface area contributed by atoms with Crippen molar-refractivity contribution in [1.29, 1.82) is 0 Å². The van der Waals surface area contributed by atoms with Gasteiger partial charge in [0.1, 0.15) is 11.6 Å². The summed E-state index contributed by atoms with van der Waals surface area (Å²) >= 11 is 6.10. The lowest BCUT2D eigenvalue weighted by molar-refractivity contribution is -0.130. The molecule has 2 N–H and O–H groups in total. The molecule has 0 aromatic heterocycles. The van der Waals surface area contributed by atoms with Gasteiger partial charge in [-0.2, -0.15) is 0 Å². The molecule has 33 heavy (non-hydrogen) atoms. The number of halogens is 2. The average Bonchev–Trinajstić information content (AvgIpc) is 3.06. The first kappa shape index (κ1) is 22.6. The van der Waals surface area contributed by atoms with Crippen molar-refractivity contribution in [3.63, 3.8) is 0 Å². The van der Waals surface area contributed by atoms with E-state index in [-0.39, 0.29) is 35.1 Å². The SMILES string of the molecule is O=C(CCc1ccccc1)C1=C(O)C(=O)N(Cc2ccc(F)cc2)C1c1ccc(O)c(Cl)c1. The molecule has 0 spiro atoms. The molecule has 1 amide bonds. The molecule has 168 valence electrons. The van der Waals surface area contributed by atoms with Gasteiger partial charge in [0.05, 0.1) is 16.6 Å². The summed E-state index contributed by atoms with van der Waals surface area (Å²) in [5.74, 6) is -2.22. The zero-order valence-corrected chi connectivity index (χ0v) is 18.3. The number of aliphatic hydroxyl groups is 1. The number of rotatable bonds is 7. The van der Waals surface area contributed by atoms with Crippen LogP contribution in [-0.4, -0.2) is 26.8 Å². The lowest BCUT2D eigenvalue weighted by Gasteiger charge is -2.27. The molecule has 1 atom stereocenters. The van der Waals surface area contributed by atoms with Crippen LogP contribution in [0.1, 0.15) is 29.2 Å². The van der Waals surface area contributed by atoms with E-state index in [1.807, 2.05) is 30.3 Å². The zero-order chi connectivity index (χ0) is 23.5. The number of nitrogens with zero attached hydrogens (tertiary/aromatic N) is 1. The molecule has 1 heterocycles. The highest BCUT2D eigenvalue weighted by molar-refractivity contribution is 6.32. The van der Waals surface area contributed by atoms with Gasteiger partial charge in [0.2, 0.25) is 0 Å². The summed E-state index contributed by atoms with van der Waals surface area (Å²) in [6, 6.07) is 18.6. The Kier molecular flexibility index (Phi) is 6.47. The quantitative estimate of drug-likeness (QED) is 0.497. The van der Waals surface area contributed by atoms with Crippen molar-refractivity contribution in [3.8, 4) is 5.75 Å². The van der Waals surface area contributed by atoms with E-state index in [1.54, 1.807) is 6.07 Å². The molecule has 1 aliphatic heterocycles. The molecule has 0 saturated heterocycles. The molecule has 0 fully saturated rings. The van der Waals surface area contributed by atoms with E-state index in [9.17, 15) is 24.2 Å². The molecule has 0 radical (unpaired) electrons. The number of phenolic OH excluding ortho intramolecular Hbond substituents is 1. The fourth-order valence-electron chi connectivity index (χ4n) is 3.97. The Hall–Kier alpha value is -3.64. The Morgan fingerprint density at radius 1 is 0.970 bits per heavy atom. The van der Waals surface area contributed by atoms with Crippen LogP contribution in [0.3, 0.4) is 0 Å². The molecule has 3 aromatic rings.